The number of esters is 1. The Labute approximate surface area is 193 Å². The first-order valence-corrected chi connectivity index (χ1v) is 11.1. The number of benzene rings is 2. The highest BCUT2D eigenvalue weighted by molar-refractivity contribution is 7.15. The standard InChI is InChI=1S/C24H19ClN2O4S/c1-3-31-24(30)19-17(14-8-5-4-6-9-14)13-32-23(19)26-22(29)16-12-27(2)20-15(21(16)28)10-7-11-18(20)25/h4-13H,3H2,1-2H3,(H,26,29). The summed E-state index contributed by atoms with van der Waals surface area (Å²) >= 11 is 7.43. The van der Waals surface area contributed by atoms with E-state index in [-0.39, 0.29) is 17.7 Å². The van der Waals surface area contributed by atoms with Gasteiger partial charge in [-0.3, -0.25) is 9.59 Å². The Morgan fingerprint density at radius 3 is 2.59 bits per heavy atom. The second kappa shape index (κ2) is 8.98. The molecular formula is C24H19ClN2O4S. The molecule has 0 fully saturated rings. The molecule has 6 nitrogen and oxygen atoms in total. The van der Waals surface area contributed by atoms with E-state index in [0.717, 1.165) is 5.56 Å². The number of anilines is 1. The summed E-state index contributed by atoms with van der Waals surface area (Å²) in [6.07, 6.45) is 1.45. The summed E-state index contributed by atoms with van der Waals surface area (Å²) in [5.74, 6) is -1.15. The highest BCUT2D eigenvalue weighted by atomic mass is 35.5. The van der Waals surface area contributed by atoms with E-state index in [1.807, 2.05) is 30.3 Å². The number of aryl methyl sites for hydroxylation is 1. The largest absolute Gasteiger partial charge is 0.462 e. The van der Waals surface area contributed by atoms with E-state index in [0.29, 0.717) is 26.5 Å². The van der Waals surface area contributed by atoms with Gasteiger partial charge in [-0.15, -0.1) is 11.3 Å². The molecule has 0 unspecified atom stereocenters. The number of thiophene rings is 1. The van der Waals surface area contributed by atoms with Gasteiger partial charge in [-0.25, -0.2) is 4.79 Å². The van der Waals surface area contributed by atoms with Crippen molar-refractivity contribution in [3.63, 3.8) is 0 Å². The lowest BCUT2D eigenvalue weighted by atomic mass is 10.0. The number of para-hydroxylation sites is 1. The Kier molecular flexibility index (Phi) is 6.12. The number of hydrogen-bond donors (Lipinski definition) is 1. The van der Waals surface area contributed by atoms with Gasteiger partial charge in [0.15, 0.2) is 0 Å². The van der Waals surface area contributed by atoms with Crippen LogP contribution in [0.15, 0.2) is 64.9 Å². The Morgan fingerprint density at radius 2 is 1.88 bits per heavy atom. The van der Waals surface area contributed by atoms with Gasteiger partial charge in [0.2, 0.25) is 5.43 Å². The number of rotatable bonds is 5. The van der Waals surface area contributed by atoms with Crippen molar-refractivity contribution in [2.75, 3.05) is 11.9 Å². The predicted molar refractivity (Wildman–Crippen MR) is 128 cm³/mol. The van der Waals surface area contributed by atoms with E-state index < -0.39 is 17.3 Å². The molecule has 8 heteroatoms. The second-order valence-corrected chi connectivity index (χ2v) is 8.30. The lowest BCUT2D eigenvalue weighted by Crippen LogP contribution is -2.24. The van der Waals surface area contributed by atoms with Crippen LogP contribution in [-0.4, -0.2) is 23.1 Å². The molecule has 1 amide bonds. The highest BCUT2D eigenvalue weighted by Crippen LogP contribution is 2.36. The van der Waals surface area contributed by atoms with Crippen LogP contribution in [0, 0.1) is 0 Å². The number of carbonyl (C=O) groups excluding carboxylic acids is 2. The van der Waals surface area contributed by atoms with Crippen LogP contribution in [-0.2, 0) is 11.8 Å². The normalized spacial score (nSPS) is 10.8. The first kappa shape index (κ1) is 21.8. The van der Waals surface area contributed by atoms with E-state index in [1.54, 1.807) is 42.1 Å². The zero-order valence-electron chi connectivity index (χ0n) is 17.3. The van der Waals surface area contributed by atoms with Gasteiger partial charge in [-0.2, -0.15) is 0 Å². The van der Waals surface area contributed by atoms with Gasteiger partial charge in [-0.05, 0) is 24.6 Å². The molecule has 0 aliphatic heterocycles. The lowest BCUT2D eigenvalue weighted by molar-refractivity contribution is 0.0529. The summed E-state index contributed by atoms with van der Waals surface area (Å²) in [4.78, 5) is 38.8. The average Bonchev–Trinajstić information content (AvgIpc) is 3.20. The Balaban J connectivity index is 1.77. The van der Waals surface area contributed by atoms with Crippen LogP contribution in [0.4, 0.5) is 5.00 Å². The van der Waals surface area contributed by atoms with Crippen LogP contribution in [0.5, 0.6) is 0 Å². The van der Waals surface area contributed by atoms with Crippen molar-refractivity contribution in [2.24, 2.45) is 7.05 Å². The van der Waals surface area contributed by atoms with E-state index in [2.05, 4.69) is 5.32 Å². The number of fused-ring (bicyclic) bond motifs is 1. The maximum atomic E-state index is 13.1. The maximum absolute atomic E-state index is 13.1. The number of aromatic nitrogens is 1. The third-order valence-corrected chi connectivity index (χ3v) is 6.18. The number of halogens is 1. The summed E-state index contributed by atoms with van der Waals surface area (Å²) in [6.45, 7) is 1.91. The van der Waals surface area contributed by atoms with Gasteiger partial charge in [-0.1, -0.05) is 48.0 Å². The van der Waals surface area contributed by atoms with Crippen molar-refractivity contribution in [1.82, 2.24) is 4.57 Å². The lowest BCUT2D eigenvalue weighted by Gasteiger charge is -2.11. The van der Waals surface area contributed by atoms with Crippen LogP contribution in [0.1, 0.15) is 27.6 Å². The molecule has 32 heavy (non-hydrogen) atoms. The summed E-state index contributed by atoms with van der Waals surface area (Å²) in [6, 6.07) is 14.3. The summed E-state index contributed by atoms with van der Waals surface area (Å²) < 4.78 is 6.87. The van der Waals surface area contributed by atoms with Crippen LogP contribution < -0.4 is 10.7 Å². The molecular weight excluding hydrogens is 448 g/mol. The van der Waals surface area contributed by atoms with Crippen LogP contribution >= 0.6 is 22.9 Å². The molecule has 4 aromatic rings. The predicted octanol–water partition coefficient (Wildman–Crippen LogP) is 5.35. The van der Waals surface area contributed by atoms with E-state index in [9.17, 15) is 14.4 Å². The number of amides is 1. The number of carbonyl (C=O) groups is 2. The molecule has 4 rings (SSSR count). The molecule has 0 aliphatic carbocycles. The molecule has 2 aromatic heterocycles. The number of ether oxygens (including phenoxy) is 1. The molecule has 162 valence electrons. The van der Waals surface area contributed by atoms with Crippen LogP contribution in [0.3, 0.4) is 0 Å². The zero-order valence-corrected chi connectivity index (χ0v) is 18.9. The fraction of sp³-hybridized carbons (Fsp3) is 0.125. The number of hydrogen-bond acceptors (Lipinski definition) is 5. The molecule has 0 saturated carbocycles. The Morgan fingerprint density at radius 1 is 1.12 bits per heavy atom. The SMILES string of the molecule is CCOC(=O)c1c(-c2ccccc2)csc1NC(=O)c1cn(C)c2c(Cl)cccc2c1=O. The van der Waals surface area contributed by atoms with Gasteiger partial charge >= 0.3 is 5.97 Å². The van der Waals surface area contributed by atoms with Crippen molar-refractivity contribution < 1.29 is 14.3 Å². The molecule has 0 radical (unpaired) electrons. The maximum Gasteiger partial charge on any atom is 0.341 e. The van der Waals surface area contributed by atoms with Crippen LogP contribution in [0.25, 0.3) is 22.0 Å². The van der Waals surface area contributed by atoms with Crippen molar-refractivity contribution in [1.29, 1.82) is 0 Å². The second-order valence-electron chi connectivity index (χ2n) is 7.01. The summed E-state index contributed by atoms with van der Waals surface area (Å²) in [5, 5.41) is 5.61. The highest BCUT2D eigenvalue weighted by Gasteiger charge is 2.24. The zero-order chi connectivity index (χ0) is 22.8. The van der Waals surface area contributed by atoms with Gasteiger partial charge in [0, 0.05) is 29.6 Å². The first-order valence-electron chi connectivity index (χ1n) is 9.85. The van der Waals surface area contributed by atoms with Gasteiger partial charge in [0.1, 0.15) is 16.1 Å². The molecule has 0 spiro atoms. The molecule has 0 aliphatic rings. The molecule has 0 atom stereocenters. The summed E-state index contributed by atoms with van der Waals surface area (Å²) in [5.41, 5.74) is 1.80. The first-order chi connectivity index (χ1) is 15.4. The number of nitrogens with one attached hydrogen (secondary N) is 1. The molecule has 2 heterocycles. The number of nitrogens with zero attached hydrogens (tertiary/aromatic N) is 1. The van der Waals surface area contributed by atoms with Crippen molar-refractivity contribution in [3.05, 3.63) is 86.5 Å². The smallest absolute Gasteiger partial charge is 0.341 e. The number of pyridine rings is 1. The van der Waals surface area contributed by atoms with Gasteiger partial charge < -0.3 is 14.6 Å². The minimum Gasteiger partial charge on any atom is -0.462 e. The minimum absolute atomic E-state index is 0.0493. The topological polar surface area (TPSA) is 77.4 Å². The molecule has 2 aromatic carbocycles. The molecule has 1 N–H and O–H groups in total. The average molecular weight is 467 g/mol. The van der Waals surface area contributed by atoms with Crippen molar-refractivity contribution >= 4 is 50.7 Å². The van der Waals surface area contributed by atoms with E-state index in [4.69, 9.17) is 16.3 Å². The van der Waals surface area contributed by atoms with Crippen molar-refractivity contribution in [2.45, 2.75) is 6.92 Å². The van der Waals surface area contributed by atoms with Gasteiger partial charge in [0.25, 0.3) is 5.91 Å². The monoisotopic (exact) mass is 466 g/mol. The molecule has 0 saturated heterocycles. The Hall–Kier alpha value is -3.42. The third kappa shape index (κ3) is 3.92. The minimum atomic E-state index is -0.612. The van der Waals surface area contributed by atoms with Gasteiger partial charge in [0.05, 0.1) is 17.1 Å². The summed E-state index contributed by atoms with van der Waals surface area (Å²) in [7, 11) is 1.72. The quantitative estimate of drug-likeness (QED) is 0.402. The fourth-order valence-corrected chi connectivity index (χ4v) is 4.80. The van der Waals surface area contributed by atoms with Crippen molar-refractivity contribution in [3.8, 4) is 11.1 Å². The Bertz CT molecular complexity index is 1390. The van der Waals surface area contributed by atoms with Crippen LogP contribution in [0.2, 0.25) is 5.02 Å². The fourth-order valence-electron chi connectivity index (χ4n) is 3.54. The van der Waals surface area contributed by atoms with E-state index in [1.165, 1.54) is 17.5 Å². The molecule has 0 bridgehead atoms. The third-order valence-electron chi connectivity index (χ3n) is 4.98. The van der Waals surface area contributed by atoms with E-state index >= 15 is 0 Å².